The third kappa shape index (κ3) is 2.29. The molecule has 0 amide bonds. The quantitative estimate of drug-likeness (QED) is 0.877. The number of rotatable bonds is 3. The number of aliphatic hydroxyl groups is 2. The molecule has 2 heterocycles. The van der Waals surface area contributed by atoms with E-state index in [2.05, 4.69) is 9.88 Å². The Labute approximate surface area is 112 Å². The number of anilines is 1. The molecular weight excluding hydrogens is 240 g/mol. The van der Waals surface area contributed by atoms with E-state index in [9.17, 15) is 10.2 Å². The zero-order valence-electron chi connectivity index (χ0n) is 10.8. The summed E-state index contributed by atoms with van der Waals surface area (Å²) in [6.07, 6.45) is 0.999. The Morgan fingerprint density at radius 2 is 2.11 bits per heavy atom. The summed E-state index contributed by atoms with van der Waals surface area (Å²) in [5.41, 5.74) is 1.82. The SMILES string of the molecule is OCc1cc(N2CCC(CO)C2)nc2ccccc12. The molecule has 2 aromatic rings. The lowest BCUT2D eigenvalue weighted by atomic mass is 10.1. The maximum absolute atomic E-state index is 9.51. The van der Waals surface area contributed by atoms with E-state index in [0.29, 0.717) is 5.92 Å². The van der Waals surface area contributed by atoms with Crippen LogP contribution in [0.1, 0.15) is 12.0 Å². The highest BCUT2D eigenvalue weighted by Crippen LogP contribution is 2.27. The monoisotopic (exact) mass is 258 g/mol. The molecule has 0 radical (unpaired) electrons. The van der Waals surface area contributed by atoms with E-state index in [-0.39, 0.29) is 13.2 Å². The van der Waals surface area contributed by atoms with E-state index < -0.39 is 0 Å². The molecule has 2 N–H and O–H groups in total. The number of aliphatic hydroxyl groups excluding tert-OH is 2. The van der Waals surface area contributed by atoms with Gasteiger partial charge in [0.05, 0.1) is 12.1 Å². The first-order valence-electron chi connectivity index (χ1n) is 6.67. The lowest BCUT2D eigenvalue weighted by Crippen LogP contribution is -2.22. The molecule has 0 spiro atoms. The van der Waals surface area contributed by atoms with Crippen LogP contribution in [-0.4, -0.2) is 34.9 Å². The van der Waals surface area contributed by atoms with Gasteiger partial charge in [-0.3, -0.25) is 0 Å². The van der Waals surface area contributed by atoms with Crippen molar-refractivity contribution >= 4 is 16.7 Å². The molecule has 1 unspecified atom stereocenters. The molecule has 4 heteroatoms. The number of fused-ring (bicyclic) bond motifs is 1. The first kappa shape index (κ1) is 12.4. The lowest BCUT2D eigenvalue weighted by Gasteiger charge is -2.19. The van der Waals surface area contributed by atoms with E-state index in [1.165, 1.54) is 0 Å². The van der Waals surface area contributed by atoms with Gasteiger partial charge in [0, 0.05) is 31.0 Å². The van der Waals surface area contributed by atoms with Crippen molar-refractivity contribution in [3.05, 3.63) is 35.9 Å². The average Bonchev–Trinajstić information content (AvgIpc) is 2.95. The van der Waals surface area contributed by atoms with Crippen molar-refractivity contribution in [2.45, 2.75) is 13.0 Å². The van der Waals surface area contributed by atoms with Gasteiger partial charge in [-0.1, -0.05) is 18.2 Å². The summed E-state index contributed by atoms with van der Waals surface area (Å²) < 4.78 is 0. The molecule has 1 atom stereocenters. The fourth-order valence-electron chi connectivity index (χ4n) is 2.71. The summed E-state index contributed by atoms with van der Waals surface area (Å²) in [5.74, 6) is 1.24. The predicted octanol–water partition coefficient (Wildman–Crippen LogP) is 1.55. The molecule has 0 aliphatic carbocycles. The summed E-state index contributed by atoms with van der Waals surface area (Å²) in [4.78, 5) is 6.85. The van der Waals surface area contributed by atoms with E-state index in [1.54, 1.807) is 0 Å². The van der Waals surface area contributed by atoms with E-state index in [4.69, 9.17) is 0 Å². The summed E-state index contributed by atoms with van der Waals surface area (Å²) >= 11 is 0. The van der Waals surface area contributed by atoms with E-state index in [1.807, 2.05) is 30.3 Å². The van der Waals surface area contributed by atoms with E-state index >= 15 is 0 Å². The largest absolute Gasteiger partial charge is 0.396 e. The molecule has 1 saturated heterocycles. The summed E-state index contributed by atoms with van der Waals surface area (Å²) in [6, 6.07) is 9.83. The lowest BCUT2D eigenvalue weighted by molar-refractivity contribution is 0.238. The predicted molar refractivity (Wildman–Crippen MR) is 75.1 cm³/mol. The smallest absolute Gasteiger partial charge is 0.129 e. The minimum atomic E-state index is 0.0211. The van der Waals surface area contributed by atoms with Gasteiger partial charge in [-0.25, -0.2) is 4.98 Å². The van der Waals surface area contributed by atoms with Gasteiger partial charge in [0.15, 0.2) is 0 Å². The number of nitrogens with zero attached hydrogens (tertiary/aromatic N) is 2. The van der Waals surface area contributed by atoms with Gasteiger partial charge in [0.2, 0.25) is 0 Å². The van der Waals surface area contributed by atoms with Crippen molar-refractivity contribution in [3.8, 4) is 0 Å². The second-order valence-electron chi connectivity index (χ2n) is 5.10. The van der Waals surface area contributed by atoms with Crippen molar-refractivity contribution in [3.63, 3.8) is 0 Å². The zero-order chi connectivity index (χ0) is 13.2. The fourth-order valence-corrected chi connectivity index (χ4v) is 2.71. The van der Waals surface area contributed by atoms with Crippen LogP contribution in [0.3, 0.4) is 0 Å². The highest BCUT2D eigenvalue weighted by atomic mass is 16.3. The minimum Gasteiger partial charge on any atom is -0.396 e. The topological polar surface area (TPSA) is 56.6 Å². The second-order valence-corrected chi connectivity index (χ2v) is 5.10. The van der Waals surface area contributed by atoms with Gasteiger partial charge >= 0.3 is 0 Å². The summed E-state index contributed by atoms with van der Waals surface area (Å²) in [5, 5.41) is 19.7. The van der Waals surface area contributed by atoms with Crippen LogP contribution < -0.4 is 4.90 Å². The zero-order valence-corrected chi connectivity index (χ0v) is 10.8. The van der Waals surface area contributed by atoms with Crippen LogP contribution in [0.25, 0.3) is 10.9 Å². The van der Waals surface area contributed by atoms with Gasteiger partial charge in [0.25, 0.3) is 0 Å². The first-order valence-corrected chi connectivity index (χ1v) is 6.67. The maximum Gasteiger partial charge on any atom is 0.129 e. The van der Waals surface area contributed by atoms with Crippen LogP contribution in [0, 0.1) is 5.92 Å². The third-order valence-corrected chi connectivity index (χ3v) is 3.83. The second kappa shape index (κ2) is 5.15. The Hall–Kier alpha value is -1.65. The van der Waals surface area contributed by atoms with Gasteiger partial charge in [-0.2, -0.15) is 0 Å². The molecule has 19 heavy (non-hydrogen) atoms. The number of para-hydroxylation sites is 1. The van der Waals surface area contributed by atoms with Crippen molar-refractivity contribution in [2.75, 3.05) is 24.6 Å². The third-order valence-electron chi connectivity index (χ3n) is 3.83. The molecule has 1 aromatic heterocycles. The molecular formula is C15H18N2O2. The Morgan fingerprint density at radius 3 is 2.84 bits per heavy atom. The normalized spacial score (nSPS) is 19.3. The van der Waals surface area contributed by atoms with E-state index in [0.717, 1.165) is 41.8 Å². The molecule has 1 aliphatic rings. The summed E-state index contributed by atoms with van der Waals surface area (Å²) in [7, 11) is 0. The standard InChI is InChI=1S/C15H18N2O2/c18-9-11-5-6-17(8-11)15-7-12(10-19)13-3-1-2-4-14(13)16-15/h1-4,7,11,18-19H,5-6,8-10H2. The molecule has 0 bridgehead atoms. The van der Waals surface area contributed by atoms with Gasteiger partial charge < -0.3 is 15.1 Å². The van der Waals surface area contributed by atoms with Crippen molar-refractivity contribution in [2.24, 2.45) is 5.92 Å². The highest BCUT2D eigenvalue weighted by molar-refractivity contribution is 5.84. The van der Waals surface area contributed by atoms with Crippen LogP contribution in [0.5, 0.6) is 0 Å². The minimum absolute atomic E-state index is 0.0211. The van der Waals surface area contributed by atoms with Crippen LogP contribution in [0.4, 0.5) is 5.82 Å². The Bertz CT molecular complexity index is 585. The molecule has 0 saturated carbocycles. The number of hydrogen-bond acceptors (Lipinski definition) is 4. The fraction of sp³-hybridized carbons (Fsp3) is 0.400. The number of aromatic nitrogens is 1. The Kier molecular flexibility index (Phi) is 3.36. The van der Waals surface area contributed by atoms with Crippen molar-refractivity contribution in [1.82, 2.24) is 4.98 Å². The first-order chi connectivity index (χ1) is 9.31. The maximum atomic E-state index is 9.51. The van der Waals surface area contributed by atoms with Gasteiger partial charge in [0.1, 0.15) is 5.82 Å². The van der Waals surface area contributed by atoms with Crippen molar-refractivity contribution in [1.29, 1.82) is 0 Å². The van der Waals surface area contributed by atoms with Crippen LogP contribution in [0.2, 0.25) is 0 Å². The number of pyridine rings is 1. The van der Waals surface area contributed by atoms with Crippen molar-refractivity contribution < 1.29 is 10.2 Å². The molecule has 100 valence electrons. The van der Waals surface area contributed by atoms with Gasteiger partial charge in [-0.15, -0.1) is 0 Å². The molecule has 4 nitrogen and oxygen atoms in total. The number of benzene rings is 1. The van der Waals surface area contributed by atoms with Crippen LogP contribution in [-0.2, 0) is 6.61 Å². The summed E-state index contributed by atoms with van der Waals surface area (Å²) in [6.45, 7) is 2.01. The van der Waals surface area contributed by atoms with Crippen LogP contribution in [0.15, 0.2) is 30.3 Å². The number of hydrogen-bond donors (Lipinski definition) is 2. The molecule has 1 aliphatic heterocycles. The molecule has 1 aromatic carbocycles. The highest BCUT2D eigenvalue weighted by Gasteiger charge is 2.23. The molecule has 1 fully saturated rings. The Balaban J connectivity index is 2.00. The Morgan fingerprint density at radius 1 is 1.26 bits per heavy atom. The van der Waals surface area contributed by atoms with Gasteiger partial charge in [-0.05, 0) is 24.1 Å². The molecule has 3 rings (SSSR count). The van der Waals surface area contributed by atoms with Crippen LogP contribution >= 0.6 is 0 Å². The average molecular weight is 258 g/mol.